The lowest BCUT2D eigenvalue weighted by atomic mass is 9.79. The molecule has 0 aromatic heterocycles. The number of hydrogen-bond acceptors (Lipinski definition) is 6. The van der Waals surface area contributed by atoms with Crippen LogP contribution in [0.3, 0.4) is 0 Å². The molecule has 6 heteroatoms. The first kappa shape index (κ1) is 37.1. The highest BCUT2D eigenvalue weighted by Crippen LogP contribution is 2.56. The van der Waals surface area contributed by atoms with Crippen LogP contribution in [0.25, 0.3) is 54.9 Å². The van der Waals surface area contributed by atoms with Gasteiger partial charge in [0, 0.05) is 49.5 Å². The Balaban J connectivity index is 1.02. The van der Waals surface area contributed by atoms with Gasteiger partial charge in [-0.05, 0) is 93.1 Å². The molecule has 64 heavy (non-hydrogen) atoms. The van der Waals surface area contributed by atoms with Crippen molar-refractivity contribution in [1.29, 1.82) is 0 Å². The molecule has 0 unspecified atom stereocenters. The Morgan fingerprint density at radius 1 is 0.500 bits per heavy atom. The number of aryl methyl sites for hydroxylation is 4. The maximum Gasteiger partial charge on any atom is 0.201 e. The Morgan fingerprint density at radius 2 is 1.03 bits per heavy atom. The van der Waals surface area contributed by atoms with Crippen molar-refractivity contribution in [3.05, 3.63) is 200 Å². The number of nitrogens with zero attached hydrogens (tertiary/aromatic N) is 1. The smallest absolute Gasteiger partial charge is 0.201 e. The summed E-state index contributed by atoms with van der Waals surface area (Å²) in [5.74, 6) is -0.190. The highest BCUT2D eigenvalue weighted by atomic mass is 16.3. The van der Waals surface area contributed by atoms with Gasteiger partial charge in [0.15, 0.2) is 11.3 Å². The molecule has 0 amide bonds. The number of ketones is 1. The Kier molecular flexibility index (Phi) is 7.58. The van der Waals surface area contributed by atoms with Gasteiger partial charge in [0.05, 0.1) is 27.9 Å². The zero-order valence-corrected chi connectivity index (χ0v) is 36.3. The zero-order chi connectivity index (χ0) is 43.2. The van der Waals surface area contributed by atoms with Crippen LogP contribution in [-0.2, 0) is 41.8 Å². The van der Waals surface area contributed by atoms with Crippen LogP contribution in [0.5, 0.6) is 0 Å². The minimum absolute atomic E-state index is 0.00120. The van der Waals surface area contributed by atoms with Crippen molar-refractivity contribution in [2.45, 2.75) is 64.7 Å². The third-order valence-corrected chi connectivity index (χ3v) is 14.9. The number of aliphatic hydroxyl groups is 1. The van der Waals surface area contributed by atoms with Crippen LogP contribution in [0.4, 0.5) is 17.1 Å². The molecule has 2 aliphatic heterocycles. The normalized spacial score (nSPS) is 17.0. The molecule has 0 saturated heterocycles. The number of fused-ring (bicyclic) bond motifs is 10. The maximum absolute atomic E-state index is 15.1. The summed E-state index contributed by atoms with van der Waals surface area (Å²) in [7, 11) is 0. The minimum atomic E-state index is -0.927. The third kappa shape index (κ3) is 4.70. The number of aliphatic hydroxyl groups excluding tert-OH is 1. The van der Waals surface area contributed by atoms with E-state index < -0.39 is 11.3 Å². The van der Waals surface area contributed by atoms with E-state index in [1.165, 1.54) is 44.5 Å². The van der Waals surface area contributed by atoms with Crippen LogP contribution in [0.15, 0.2) is 144 Å². The average molecular weight is 831 g/mol. The van der Waals surface area contributed by atoms with Crippen molar-refractivity contribution < 1.29 is 9.90 Å². The summed E-state index contributed by atoms with van der Waals surface area (Å²) in [6.45, 7) is 8.78. The van der Waals surface area contributed by atoms with E-state index in [-0.39, 0.29) is 11.5 Å². The SMILES string of the molecule is CCc1ccc2c(c1)-c1cc(CC)ccc1C21N=c2cccc3cc/c(=C4\C(=O)C(c5ccc6cccc7c6c5NC5(N7)c6ccc(CC)cc6-c6cc(CC)ccc65)=C4O)c(c23)N1. The monoisotopic (exact) mass is 830 g/mol. The molecule has 0 saturated carbocycles. The van der Waals surface area contributed by atoms with Crippen LogP contribution < -0.4 is 26.5 Å². The summed E-state index contributed by atoms with van der Waals surface area (Å²) in [6.07, 6.45) is 3.75. The topological polar surface area (TPSA) is 85.8 Å². The number of nitrogens with one attached hydrogen (secondary N) is 3. The van der Waals surface area contributed by atoms with Crippen molar-refractivity contribution in [3.63, 3.8) is 0 Å². The standard InChI is InChI=1S/C58H46N4O2/c1-5-31-15-23-43-39(27-31)40-28-32(6-2)16-24-44(40)57(43)59-47-13-9-11-35-19-21-37(53(61-57)49(35)47)51-55(63)52(56(51)64)38-22-20-36-12-10-14-48-50(36)54(38)62-58(60-48)45-25-17-33(7-3)29-41(45)42-30-34(8-4)18-26-46(42)58/h9-30,59,61-63H,5-8H2,1-4H3/b52-38+. The summed E-state index contributed by atoms with van der Waals surface area (Å²) in [5.41, 5.74) is 16.5. The van der Waals surface area contributed by atoms with E-state index in [0.29, 0.717) is 21.9 Å². The molecule has 0 fully saturated rings. The van der Waals surface area contributed by atoms with Gasteiger partial charge in [0.25, 0.3) is 0 Å². The molecule has 5 aliphatic rings. The van der Waals surface area contributed by atoms with Crippen LogP contribution in [0.1, 0.15) is 77.8 Å². The summed E-state index contributed by atoms with van der Waals surface area (Å²) >= 11 is 0. The van der Waals surface area contributed by atoms with Gasteiger partial charge < -0.3 is 21.1 Å². The Morgan fingerprint density at radius 3 is 1.61 bits per heavy atom. The number of carbonyl (C=O) groups is 1. The number of Topliss-reactive ketones (excluding diaryl/α,β-unsaturated/α-hetero) is 1. The molecule has 0 bridgehead atoms. The largest absolute Gasteiger partial charge is 0.506 e. The molecule has 2 heterocycles. The second-order valence-electron chi connectivity index (χ2n) is 18.1. The molecular weight excluding hydrogens is 785 g/mol. The van der Waals surface area contributed by atoms with Crippen LogP contribution in [0.2, 0.25) is 0 Å². The zero-order valence-electron chi connectivity index (χ0n) is 36.3. The molecule has 4 N–H and O–H groups in total. The van der Waals surface area contributed by atoms with Crippen LogP contribution in [0, 0.1) is 0 Å². The quantitative estimate of drug-likeness (QED) is 0.139. The van der Waals surface area contributed by atoms with E-state index >= 15 is 4.79 Å². The van der Waals surface area contributed by atoms with Crippen molar-refractivity contribution in [2.75, 3.05) is 16.0 Å². The molecule has 13 rings (SSSR count). The highest BCUT2D eigenvalue weighted by Gasteiger charge is 2.49. The predicted octanol–water partition coefficient (Wildman–Crippen LogP) is 11.6. The fraction of sp³-hybridized carbons (Fsp3) is 0.172. The number of allylic oxidation sites excluding steroid dienone is 2. The summed E-state index contributed by atoms with van der Waals surface area (Å²) in [4.78, 5) is 20.7. The molecule has 2 spiro atoms. The Labute approximate surface area is 371 Å². The van der Waals surface area contributed by atoms with Gasteiger partial charge in [-0.2, -0.15) is 0 Å². The highest BCUT2D eigenvalue weighted by molar-refractivity contribution is 6.52. The molecule has 310 valence electrons. The van der Waals surface area contributed by atoms with E-state index in [2.05, 4.69) is 159 Å². The first-order valence-electron chi connectivity index (χ1n) is 22.9. The first-order chi connectivity index (χ1) is 31.3. The lowest BCUT2D eigenvalue weighted by molar-refractivity contribution is -0.109. The van der Waals surface area contributed by atoms with Crippen molar-refractivity contribution in [1.82, 2.24) is 0 Å². The Hall–Kier alpha value is -7.44. The van der Waals surface area contributed by atoms with E-state index in [1.807, 2.05) is 18.2 Å². The minimum Gasteiger partial charge on any atom is -0.506 e. The third-order valence-electron chi connectivity index (χ3n) is 14.9. The van der Waals surface area contributed by atoms with Gasteiger partial charge in [-0.1, -0.05) is 149 Å². The second-order valence-corrected chi connectivity index (χ2v) is 18.1. The van der Waals surface area contributed by atoms with Gasteiger partial charge in [-0.3, -0.25) is 4.79 Å². The molecule has 8 aromatic carbocycles. The van der Waals surface area contributed by atoms with Crippen LogP contribution in [-0.4, -0.2) is 10.9 Å². The number of rotatable bonds is 5. The van der Waals surface area contributed by atoms with Gasteiger partial charge in [-0.15, -0.1) is 0 Å². The van der Waals surface area contributed by atoms with E-state index in [0.717, 1.165) is 91.9 Å². The molecule has 0 atom stereocenters. The van der Waals surface area contributed by atoms with E-state index in [4.69, 9.17) is 4.99 Å². The molecule has 0 radical (unpaired) electrons. The van der Waals surface area contributed by atoms with Crippen molar-refractivity contribution in [2.24, 2.45) is 4.99 Å². The molecule has 8 aromatic rings. The van der Waals surface area contributed by atoms with Gasteiger partial charge in [0.2, 0.25) is 5.78 Å². The number of anilines is 3. The Bertz CT molecular complexity index is 3530. The number of carbonyl (C=O) groups excluding carboxylic acids is 1. The average Bonchev–Trinajstić information content (AvgIpc) is 3.73. The second kappa shape index (κ2) is 13.1. The molecule has 6 nitrogen and oxygen atoms in total. The summed E-state index contributed by atoms with van der Waals surface area (Å²) in [6, 6.07) is 47.7. The van der Waals surface area contributed by atoms with E-state index in [1.54, 1.807) is 0 Å². The summed E-state index contributed by atoms with van der Waals surface area (Å²) in [5, 5.41) is 30.0. The van der Waals surface area contributed by atoms with Crippen LogP contribution >= 0.6 is 0 Å². The van der Waals surface area contributed by atoms with Gasteiger partial charge in [0.1, 0.15) is 5.76 Å². The lowest BCUT2D eigenvalue weighted by Crippen LogP contribution is -2.45. The fourth-order valence-electron chi connectivity index (χ4n) is 11.6. The summed E-state index contributed by atoms with van der Waals surface area (Å²) < 4.78 is 0. The van der Waals surface area contributed by atoms with Gasteiger partial charge in [-0.25, -0.2) is 4.99 Å². The fourth-order valence-corrected chi connectivity index (χ4v) is 11.6. The molecule has 3 aliphatic carbocycles. The molecular formula is C58H46N4O2. The van der Waals surface area contributed by atoms with Gasteiger partial charge >= 0.3 is 0 Å². The maximum atomic E-state index is 15.1. The predicted molar refractivity (Wildman–Crippen MR) is 260 cm³/mol. The lowest BCUT2D eigenvalue weighted by Gasteiger charge is -2.41. The van der Waals surface area contributed by atoms with E-state index in [9.17, 15) is 5.11 Å². The van der Waals surface area contributed by atoms with Crippen molar-refractivity contribution >= 4 is 55.5 Å². The van der Waals surface area contributed by atoms with Crippen molar-refractivity contribution in [3.8, 4) is 22.3 Å². The number of benzene rings is 8. The first-order valence-corrected chi connectivity index (χ1v) is 22.9. The number of hydrogen-bond donors (Lipinski definition) is 4.